The molecule has 5 nitrogen and oxygen atoms in total. The zero-order valence-corrected chi connectivity index (χ0v) is 13.2. The van der Waals surface area contributed by atoms with Crippen molar-refractivity contribution in [3.8, 4) is 0 Å². The van der Waals surface area contributed by atoms with E-state index in [1.165, 1.54) is 6.07 Å². The van der Waals surface area contributed by atoms with E-state index >= 15 is 0 Å². The molecule has 0 aliphatic heterocycles. The van der Waals surface area contributed by atoms with Gasteiger partial charge in [0.15, 0.2) is 5.82 Å². The second-order valence-electron chi connectivity index (χ2n) is 5.40. The van der Waals surface area contributed by atoms with Crippen molar-refractivity contribution in [3.05, 3.63) is 77.0 Å². The summed E-state index contributed by atoms with van der Waals surface area (Å²) in [5.74, 6) is -0.699. The highest BCUT2D eigenvalue weighted by atomic mass is 19.1. The number of aryl methyl sites for hydroxylation is 1. The van der Waals surface area contributed by atoms with Crippen LogP contribution in [0.5, 0.6) is 0 Å². The summed E-state index contributed by atoms with van der Waals surface area (Å²) in [6.45, 7) is 1.90. The molecule has 0 aliphatic rings. The monoisotopic (exact) mass is 324 g/mol. The summed E-state index contributed by atoms with van der Waals surface area (Å²) in [6, 6.07) is 11.3. The zero-order chi connectivity index (χ0) is 16.9. The first kappa shape index (κ1) is 15.9. The number of nitrogens with one attached hydrogen (secondary N) is 2. The first-order chi connectivity index (χ1) is 11.7. The maximum Gasteiger partial charge on any atom is 0.259 e. The molecule has 0 spiro atoms. The van der Waals surface area contributed by atoms with Crippen molar-refractivity contribution in [2.45, 2.75) is 19.8 Å². The number of benzene rings is 1. The normalized spacial score (nSPS) is 10.6. The number of halogens is 1. The Hall–Kier alpha value is -3.02. The lowest BCUT2D eigenvalue weighted by atomic mass is 10.1. The fourth-order valence-electron chi connectivity index (χ4n) is 2.40. The van der Waals surface area contributed by atoms with Gasteiger partial charge < -0.3 is 5.32 Å². The molecular formula is C18H17FN4O. The van der Waals surface area contributed by atoms with Crippen LogP contribution in [0.4, 0.5) is 10.2 Å². The number of aromatic amines is 1. The summed E-state index contributed by atoms with van der Waals surface area (Å²) in [6.07, 6.45) is 3.98. The molecule has 0 saturated heterocycles. The van der Waals surface area contributed by atoms with E-state index in [-0.39, 0.29) is 5.56 Å². The van der Waals surface area contributed by atoms with E-state index in [1.807, 2.05) is 37.3 Å². The van der Waals surface area contributed by atoms with Gasteiger partial charge in [-0.15, -0.1) is 0 Å². The van der Waals surface area contributed by atoms with Crippen LogP contribution in [-0.4, -0.2) is 21.1 Å². The molecule has 3 aromatic rings. The number of carbonyl (C=O) groups is 1. The summed E-state index contributed by atoms with van der Waals surface area (Å²) in [5, 5.41) is 9.42. The number of pyridine rings is 1. The molecule has 0 unspecified atom stereocenters. The van der Waals surface area contributed by atoms with Gasteiger partial charge in [-0.1, -0.05) is 37.3 Å². The number of H-pyrrole nitrogens is 1. The van der Waals surface area contributed by atoms with Gasteiger partial charge >= 0.3 is 0 Å². The summed E-state index contributed by atoms with van der Waals surface area (Å²) in [5.41, 5.74) is 2.57. The lowest BCUT2D eigenvalue weighted by Gasteiger charge is -2.08. The van der Waals surface area contributed by atoms with E-state index in [0.717, 1.165) is 17.3 Å². The Labute approximate surface area is 138 Å². The number of carbonyl (C=O) groups excluding carboxylic acids is 1. The summed E-state index contributed by atoms with van der Waals surface area (Å²) < 4.78 is 13.9. The predicted molar refractivity (Wildman–Crippen MR) is 89.4 cm³/mol. The number of nitrogens with zero attached hydrogens (tertiary/aromatic N) is 2. The molecular weight excluding hydrogens is 307 g/mol. The molecule has 24 heavy (non-hydrogen) atoms. The van der Waals surface area contributed by atoms with Crippen LogP contribution in [0, 0.1) is 5.82 Å². The van der Waals surface area contributed by atoms with Gasteiger partial charge in [-0.3, -0.25) is 14.9 Å². The lowest BCUT2D eigenvalue weighted by molar-refractivity contribution is 0.102. The highest BCUT2D eigenvalue weighted by Gasteiger charge is 2.16. The van der Waals surface area contributed by atoms with Gasteiger partial charge in [0.25, 0.3) is 5.91 Å². The Morgan fingerprint density at radius 1 is 1.25 bits per heavy atom. The number of amides is 1. The van der Waals surface area contributed by atoms with Gasteiger partial charge in [0.1, 0.15) is 5.82 Å². The van der Waals surface area contributed by atoms with Gasteiger partial charge in [-0.05, 0) is 18.1 Å². The number of rotatable bonds is 5. The minimum absolute atomic E-state index is 0.0258. The van der Waals surface area contributed by atoms with Gasteiger partial charge in [0, 0.05) is 17.7 Å². The average molecular weight is 324 g/mol. The van der Waals surface area contributed by atoms with Crippen LogP contribution in [0.2, 0.25) is 0 Å². The van der Waals surface area contributed by atoms with E-state index in [0.29, 0.717) is 24.4 Å². The minimum Gasteiger partial charge on any atom is -0.307 e. The second kappa shape index (κ2) is 7.04. The van der Waals surface area contributed by atoms with Crippen LogP contribution in [0.15, 0.2) is 48.8 Å². The number of hydrogen-bond acceptors (Lipinski definition) is 3. The summed E-state index contributed by atoms with van der Waals surface area (Å²) >= 11 is 0. The van der Waals surface area contributed by atoms with Crippen molar-refractivity contribution in [2.75, 3.05) is 5.32 Å². The largest absolute Gasteiger partial charge is 0.307 e. The Kier molecular flexibility index (Phi) is 4.65. The minimum atomic E-state index is -0.645. The van der Waals surface area contributed by atoms with E-state index in [2.05, 4.69) is 20.5 Å². The molecule has 3 rings (SSSR count). The molecule has 6 heteroatoms. The molecule has 2 heterocycles. The molecule has 0 radical (unpaired) electrons. The van der Waals surface area contributed by atoms with Crippen LogP contribution < -0.4 is 5.32 Å². The average Bonchev–Trinajstić information content (AvgIpc) is 3.03. The Bertz CT molecular complexity index is 845. The van der Waals surface area contributed by atoms with Crippen molar-refractivity contribution in [2.24, 2.45) is 0 Å². The van der Waals surface area contributed by atoms with Crippen LogP contribution in [0.1, 0.15) is 34.1 Å². The fraction of sp³-hybridized carbons (Fsp3) is 0.167. The van der Waals surface area contributed by atoms with Crippen molar-refractivity contribution < 1.29 is 9.18 Å². The number of anilines is 1. The predicted octanol–water partition coefficient (Wildman–Crippen LogP) is 3.35. The zero-order valence-electron chi connectivity index (χ0n) is 13.2. The Morgan fingerprint density at radius 3 is 2.79 bits per heavy atom. The smallest absolute Gasteiger partial charge is 0.259 e. The molecule has 0 atom stereocenters. The molecule has 2 N–H and O–H groups in total. The lowest BCUT2D eigenvalue weighted by Crippen LogP contribution is -2.16. The van der Waals surface area contributed by atoms with Gasteiger partial charge in [-0.2, -0.15) is 5.10 Å². The summed E-state index contributed by atoms with van der Waals surface area (Å²) in [4.78, 5) is 16.3. The maximum atomic E-state index is 13.9. The van der Waals surface area contributed by atoms with Crippen LogP contribution in [-0.2, 0) is 12.8 Å². The molecule has 0 saturated carbocycles. The molecule has 0 fully saturated rings. The molecule has 1 aromatic carbocycles. The van der Waals surface area contributed by atoms with E-state index < -0.39 is 11.7 Å². The first-order valence-corrected chi connectivity index (χ1v) is 7.69. The maximum absolute atomic E-state index is 13.9. The Morgan fingerprint density at radius 2 is 2.04 bits per heavy atom. The third kappa shape index (κ3) is 3.48. The van der Waals surface area contributed by atoms with E-state index in [9.17, 15) is 9.18 Å². The fourth-order valence-corrected chi connectivity index (χ4v) is 2.40. The number of aromatic nitrogens is 3. The first-order valence-electron chi connectivity index (χ1n) is 7.69. The van der Waals surface area contributed by atoms with Crippen LogP contribution in [0.3, 0.4) is 0 Å². The van der Waals surface area contributed by atoms with Crippen molar-refractivity contribution >= 4 is 11.7 Å². The topological polar surface area (TPSA) is 70.7 Å². The number of hydrogen-bond donors (Lipinski definition) is 2. The molecule has 0 bridgehead atoms. The van der Waals surface area contributed by atoms with Crippen LogP contribution >= 0.6 is 0 Å². The standard InChI is InChI=1S/C18H17FN4O/c1-2-14-9-15(16(19)11-20-14)18(24)22-17-13(10-21-23-17)8-12-6-4-3-5-7-12/h3-7,9-11H,2,8H2,1H3,(H2,21,22,23,24). The highest BCUT2D eigenvalue weighted by molar-refractivity contribution is 6.04. The molecule has 0 aliphatic carbocycles. The van der Waals surface area contributed by atoms with Gasteiger partial charge in [0.05, 0.1) is 18.0 Å². The molecule has 122 valence electrons. The van der Waals surface area contributed by atoms with E-state index in [4.69, 9.17) is 0 Å². The van der Waals surface area contributed by atoms with Gasteiger partial charge in [-0.25, -0.2) is 4.39 Å². The molecule has 2 aromatic heterocycles. The quantitative estimate of drug-likeness (QED) is 0.756. The second-order valence-corrected chi connectivity index (χ2v) is 5.40. The third-order valence-electron chi connectivity index (χ3n) is 3.71. The van der Waals surface area contributed by atoms with Crippen molar-refractivity contribution in [1.82, 2.24) is 15.2 Å². The van der Waals surface area contributed by atoms with Crippen molar-refractivity contribution in [1.29, 1.82) is 0 Å². The van der Waals surface area contributed by atoms with Crippen molar-refractivity contribution in [3.63, 3.8) is 0 Å². The highest BCUT2D eigenvalue weighted by Crippen LogP contribution is 2.18. The third-order valence-corrected chi connectivity index (χ3v) is 3.71. The van der Waals surface area contributed by atoms with Gasteiger partial charge in [0.2, 0.25) is 0 Å². The van der Waals surface area contributed by atoms with Crippen LogP contribution in [0.25, 0.3) is 0 Å². The summed E-state index contributed by atoms with van der Waals surface area (Å²) in [7, 11) is 0. The van der Waals surface area contributed by atoms with E-state index in [1.54, 1.807) is 6.20 Å². The Balaban J connectivity index is 1.80. The molecule has 1 amide bonds. The SMILES string of the molecule is CCc1cc(C(=O)Nc2[nH]ncc2Cc2ccccc2)c(F)cn1.